The summed E-state index contributed by atoms with van der Waals surface area (Å²) >= 11 is 8.02. The summed E-state index contributed by atoms with van der Waals surface area (Å²) in [6, 6.07) is 11.2. The van der Waals surface area contributed by atoms with Gasteiger partial charge in [-0.25, -0.2) is 0 Å². The molecule has 0 fully saturated rings. The maximum absolute atomic E-state index is 9.19. The monoisotopic (exact) mass is 404 g/mol. The molecule has 0 spiro atoms. The number of aliphatic hydroxyl groups is 1. The van der Waals surface area contributed by atoms with E-state index in [4.69, 9.17) is 21.1 Å². The van der Waals surface area contributed by atoms with Crippen LogP contribution in [0.1, 0.15) is 11.1 Å². The number of benzene rings is 2. The van der Waals surface area contributed by atoms with E-state index in [1.807, 2.05) is 30.3 Å². The van der Waals surface area contributed by atoms with Gasteiger partial charge in [0, 0.05) is 5.02 Å². The lowest BCUT2D eigenvalue weighted by molar-refractivity contribution is 0.273. The van der Waals surface area contributed by atoms with Gasteiger partial charge in [0.15, 0.2) is 11.5 Å². The average Bonchev–Trinajstić information content (AvgIpc) is 2.47. The normalized spacial score (nSPS) is 10.4. The summed E-state index contributed by atoms with van der Waals surface area (Å²) in [6.07, 6.45) is 0. The molecule has 2 rings (SSSR count). The van der Waals surface area contributed by atoms with Crippen molar-refractivity contribution in [2.24, 2.45) is 0 Å². The van der Waals surface area contributed by atoms with E-state index in [0.717, 1.165) is 14.7 Å². The highest BCUT2D eigenvalue weighted by Crippen LogP contribution is 2.34. The van der Waals surface area contributed by atoms with Gasteiger partial charge in [0.05, 0.1) is 17.3 Å². The summed E-state index contributed by atoms with van der Waals surface area (Å²) in [5, 5.41) is 9.90. The van der Waals surface area contributed by atoms with Gasteiger partial charge in [0.1, 0.15) is 6.61 Å². The Labute approximate surface area is 136 Å². The molecule has 0 aliphatic rings. The van der Waals surface area contributed by atoms with E-state index in [0.29, 0.717) is 23.1 Å². The second-order valence-electron chi connectivity index (χ2n) is 4.18. The first kappa shape index (κ1) is 15.4. The van der Waals surface area contributed by atoms with Crippen LogP contribution >= 0.6 is 34.2 Å². The number of ether oxygens (including phenoxy) is 2. The Morgan fingerprint density at radius 1 is 1.15 bits per heavy atom. The molecule has 5 heteroatoms. The van der Waals surface area contributed by atoms with Crippen molar-refractivity contribution in [2.45, 2.75) is 13.2 Å². The third kappa shape index (κ3) is 3.77. The molecule has 0 aromatic heterocycles. The Bertz CT molecular complexity index is 584. The van der Waals surface area contributed by atoms with Gasteiger partial charge in [0.25, 0.3) is 0 Å². The number of hydrogen-bond donors (Lipinski definition) is 1. The van der Waals surface area contributed by atoms with Gasteiger partial charge in [-0.05, 0) is 58.0 Å². The molecule has 0 atom stereocenters. The lowest BCUT2D eigenvalue weighted by Crippen LogP contribution is -2.00. The highest BCUT2D eigenvalue weighted by molar-refractivity contribution is 14.1. The molecule has 0 heterocycles. The predicted octanol–water partition coefficient (Wildman–Crippen LogP) is 4.02. The lowest BCUT2D eigenvalue weighted by Gasteiger charge is -2.14. The van der Waals surface area contributed by atoms with E-state index >= 15 is 0 Å². The van der Waals surface area contributed by atoms with Gasteiger partial charge in [-0.2, -0.15) is 0 Å². The minimum Gasteiger partial charge on any atom is -0.493 e. The Morgan fingerprint density at radius 2 is 1.85 bits per heavy atom. The summed E-state index contributed by atoms with van der Waals surface area (Å²) in [5.74, 6) is 1.30. The second kappa shape index (κ2) is 7.15. The van der Waals surface area contributed by atoms with Crippen LogP contribution in [0.3, 0.4) is 0 Å². The third-order valence-corrected chi connectivity index (χ3v) is 3.82. The smallest absolute Gasteiger partial charge is 0.174 e. The molecule has 0 amide bonds. The third-order valence-electron chi connectivity index (χ3n) is 2.77. The molecular weight excluding hydrogens is 391 g/mol. The molecule has 106 valence electrons. The first-order valence-corrected chi connectivity index (χ1v) is 7.44. The van der Waals surface area contributed by atoms with E-state index in [2.05, 4.69) is 22.6 Å². The summed E-state index contributed by atoms with van der Waals surface area (Å²) < 4.78 is 12.0. The van der Waals surface area contributed by atoms with E-state index < -0.39 is 0 Å². The van der Waals surface area contributed by atoms with Gasteiger partial charge in [-0.3, -0.25) is 0 Å². The minimum absolute atomic E-state index is 0.0240. The van der Waals surface area contributed by atoms with Gasteiger partial charge in [-0.1, -0.05) is 23.7 Å². The first-order valence-electron chi connectivity index (χ1n) is 5.98. The maximum Gasteiger partial charge on any atom is 0.174 e. The van der Waals surface area contributed by atoms with Gasteiger partial charge >= 0.3 is 0 Å². The Hall–Kier alpha value is -0.980. The molecule has 0 saturated heterocycles. The highest BCUT2D eigenvalue weighted by atomic mass is 127. The fourth-order valence-corrected chi connectivity index (χ4v) is 2.69. The molecule has 0 aliphatic carbocycles. The predicted molar refractivity (Wildman–Crippen MR) is 87.4 cm³/mol. The molecule has 20 heavy (non-hydrogen) atoms. The number of aliphatic hydroxyl groups excluding tert-OH is 1. The zero-order valence-corrected chi connectivity index (χ0v) is 13.8. The van der Waals surface area contributed by atoms with E-state index in [-0.39, 0.29) is 6.61 Å². The maximum atomic E-state index is 9.19. The highest BCUT2D eigenvalue weighted by Gasteiger charge is 2.11. The Balaban J connectivity index is 2.18. The Kier molecular flexibility index (Phi) is 5.51. The molecule has 1 N–H and O–H groups in total. The molecule has 2 aromatic carbocycles. The van der Waals surface area contributed by atoms with Gasteiger partial charge in [-0.15, -0.1) is 0 Å². The summed E-state index contributed by atoms with van der Waals surface area (Å²) in [7, 11) is 1.59. The van der Waals surface area contributed by atoms with Gasteiger partial charge < -0.3 is 14.6 Å². The minimum atomic E-state index is -0.0240. The number of hydrogen-bond acceptors (Lipinski definition) is 3. The molecular formula is C15H14ClIO3. The quantitative estimate of drug-likeness (QED) is 0.765. The van der Waals surface area contributed by atoms with Crippen LogP contribution in [0, 0.1) is 3.57 Å². The van der Waals surface area contributed by atoms with Crippen molar-refractivity contribution in [1.82, 2.24) is 0 Å². The van der Waals surface area contributed by atoms with Crippen LogP contribution in [-0.4, -0.2) is 12.2 Å². The SMILES string of the molecule is COc1cc(CO)cc(I)c1OCc1ccc(Cl)cc1. The molecule has 0 bridgehead atoms. The van der Waals surface area contributed by atoms with Crippen molar-refractivity contribution in [3.63, 3.8) is 0 Å². The van der Waals surface area contributed by atoms with Crippen LogP contribution in [-0.2, 0) is 13.2 Å². The van der Waals surface area contributed by atoms with Crippen LogP contribution in [0.2, 0.25) is 5.02 Å². The fourth-order valence-electron chi connectivity index (χ4n) is 1.74. The van der Waals surface area contributed by atoms with E-state index in [9.17, 15) is 5.11 Å². The van der Waals surface area contributed by atoms with Crippen LogP contribution in [0.5, 0.6) is 11.5 Å². The van der Waals surface area contributed by atoms with Crippen molar-refractivity contribution in [3.05, 3.63) is 56.1 Å². The zero-order valence-electron chi connectivity index (χ0n) is 10.9. The molecule has 0 unspecified atom stereocenters. The van der Waals surface area contributed by atoms with Crippen molar-refractivity contribution in [2.75, 3.05) is 7.11 Å². The second-order valence-corrected chi connectivity index (χ2v) is 5.78. The summed E-state index contributed by atoms with van der Waals surface area (Å²) in [5.41, 5.74) is 1.82. The van der Waals surface area contributed by atoms with Crippen LogP contribution < -0.4 is 9.47 Å². The molecule has 2 aromatic rings. The summed E-state index contributed by atoms with van der Waals surface area (Å²) in [6.45, 7) is 0.409. The fraction of sp³-hybridized carbons (Fsp3) is 0.200. The standard InChI is InChI=1S/C15H14ClIO3/c1-19-14-7-11(8-18)6-13(17)15(14)20-9-10-2-4-12(16)5-3-10/h2-7,18H,8-9H2,1H3. The van der Waals surface area contributed by atoms with E-state index in [1.54, 1.807) is 13.2 Å². The van der Waals surface area contributed by atoms with Crippen LogP contribution in [0.15, 0.2) is 36.4 Å². The van der Waals surface area contributed by atoms with Gasteiger partial charge in [0.2, 0.25) is 0 Å². The average molecular weight is 405 g/mol. The Morgan fingerprint density at radius 3 is 2.45 bits per heavy atom. The summed E-state index contributed by atoms with van der Waals surface area (Å²) in [4.78, 5) is 0. The largest absolute Gasteiger partial charge is 0.493 e. The first-order chi connectivity index (χ1) is 9.63. The molecule has 0 aliphatic heterocycles. The number of rotatable bonds is 5. The molecule has 0 saturated carbocycles. The van der Waals surface area contributed by atoms with Crippen molar-refractivity contribution >= 4 is 34.2 Å². The number of halogens is 2. The van der Waals surface area contributed by atoms with Crippen molar-refractivity contribution in [3.8, 4) is 11.5 Å². The van der Waals surface area contributed by atoms with E-state index in [1.165, 1.54) is 0 Å². The zero-order chi connectivity index (χ0) is 14.5. The van der Waals surface area contributed by atoms with Crippen LogP contribution in [0.4, 0.5) is 0 Å². The van der Waals surface area contributed by atoms with Crippen molar-refractivity contribution in [1.29, 1.82) is 0 Å². The molecule has 3 nitrogen and oxygen atoms in total. The van der Waals surface area contributed by atoms with Crippen molar-refractivity contribution < 1.29 is 14.6 Å². The lowest BCUT2D eigenvalue weighted by atomic mass is 10.2. The topological polar surface area (TPSA) is 38.7 Å². The number of methoxy groups -OCH3 is 1. The molecule has 0 radical (unpaired) electrons. The van der Waals surface area contributed by atoms with Crippen LogP contribution in [0.25, 0.3) is 0 Å².